The van der Waals surface area contributed by atoms with Crippen LogP contribution in [0.15, 0.2) is 24.4 Å². The minimum atomic E-state index is -1.12. The molecule has 25 heavy (non-hydrogen) atoms. The van der Waals surface area contributed by atoms with Gasteiger partial charge in [0.05, 0.1) is 0 Å². The Morgan fingerprint density at radius 1 is 1.24 bits per heavy atom. The van der Waals surface area contributed by atoms with E-state index in [9.17, 15) is 14.4 Å². The predicted octanol–water partition coefficient (Wildman–Crippen LogP) is 1.96. The molecule has 0 aromatic carbocycles. The molecule has 3 N–H and O–H groups in total. The summed E-state index contributed by atoms with van der Waals surface area (Å²) in [6.45, 7) is 5.50. The van der Waals surface area contributed by atoms with Crippen molar-refractivity contribution in [2.45, 2.75) is 51.7 Å². The summed E-state index contributed by atoms with van der Waals surface area (Å²) in [7, 11) is 0. The van der Waals surface area contributed by atoms with Gasteiger partial charge in [0.15, 0.2) is 0 Å². The highest BCUT2D eigenvalue weighted by molar-refractivity contribution is 5.92. The van der Waals surface area contributed by atoms with Gasteiger partial charge in [-0.05, 0) is 52.2 Å². The number of aliphatic carboxylic acids is 1. The van der Waals surface area contributed by atoms with Crippen LogP contribution in [-0.4, -0.2) is 46.2 Å². The molecule has 138 valence electrons. The summed E-state index contributed by atoms with van der Waals surface area (Å²) in [6, 6.07) is 4.03. The molecule has 1 aromatic rings. The van der Waals surface area contributed by atoms with E-state index in [1.807, 2.05) is 0 Å². The zero-order valence-electron chi connectivity index (χ0n) is 14.7. The van der Waals surface area contributed by atoms with Gasteiger partial charge in [0.25, 0.3) is 5.91 Å². The van der Waals surface area contributed by atoms with Gasteiger partial charge in [0, 0.05) is 12.7 Å². The molecule has 0 spiro atoms. The molecule has 1 atom stereocenters. The third kappa shape index (κ3) is 8.69. The second-order valence-electron chi connectivity index (χ2n) is 6.50. The fourth-order valence-electron chi connectivity index (χ4n) is 1.97. The Labute approximate surface area is 147 Å². The second-order valence-corrected chi connectivity index (χ2v) is 6.50. The van der Waals surface area contributed by atoms with E-state index < -0.39 is 23.7 Å². The predicted molar refractivity (Wildman–Crippen MR) is 91.2 cm³/mol. The first-order valence-corrected chi connectivity index (χ1v) is 8.10. The molecule has 1 rings (SSSR count). The SMILES string of the molecule is CC(C)(C)OC(=O)N[C@@H](CCCCNC(=O)c1ccccn1)C(=O)O. The van der Waals surface area contributed by atoms with Crippen molar-refractivity contribution in [2.24, 2.45) is 0 Å². The van der Waals surface area contributed by atoms with Crippen molar-refractivity contribution in [3.05, 3.63) is 30.1 Å². The zero-order chi connectivity index (χ0) is 18.9. The first-order chi connectivity index (χ1) is 11.7. The quantitative estimate of drug-likeness (QED) is 0.616. The molecule has 0 bridgehead atoms. The number of carbonyl (C=O) groups is 3. The molecule has 0 saturated carbocycles. The lowest BCUT2D eigenvalue weighted by Crippen LogP contribution is -2.43. The Bertz CT molecular complexity index is 584. The van der Waals surface area contributed by atoms with Gasteiger partial charge in [-0.15, -0.1) is 0 Å². The second kappa shape index (κ2) is 9.61. The first-order valence-electron chi connectivity index (χ1n) is 8.10. The van der Waals surface area contributed by atoms with Crippen molar-refractivity contribution < 1.29 is 24.2 Å². The molecule has 0 radical (unpaired) electrons. The molecule has 0 aliphatic heterocycles. The number of nitrogens with zero attached hydrogens (tertiary/aromatic N) is 1. The molecular weight excluding hydrogens is 326 g/mol. The monoisotopic (exact) mass is 351 g/mol. The van der Waals surface area contributed by atoms with Crippen molar-refractivity contribution in [1.29, 1.82) is 0 Å². The number of carbonyl (C=O) groups excluding carboxylic acids is 2. The van der Waals surface area contributed by atoms with E-state index in [1.54, 1.807) is 39.0 Å². The number of nitrogens with one attached hydrogen (secondary N) is 2. The van der Waals surface area contributed by atoms with Crippen molar-refractivity contribution in [3.63, 3.8) is 0 Å². The highest BCUT2D eigenvalue weighted by Crippen LogP contribution is 2.08. The van der Waals surface area contributed by atoms with Crippen LogP contribution in [0.3, 0.4) is 0 Å². The zero-order valence-corrected chi connectivity index (χ0v) is 14.7. The lowest BCUT2D eigenvalue weighted by molar-refractivity contribution is -0.139. The number of alkyl carbamates (subject to hydrolysis) is 1. The van der Waals surface area contributed by atoms with Gasteiger partial charge in [0.1, 0.15) is 17.3 Å². The average Bonchev–Trinajstić information content (AvgIpc) is 2.52. The summed E-state index contributed by atoms with van der Waals surface area (Å²) >= 11 is 0. The largest absolute Gasteiger partial charge is 0.480 e. The number of ether oxygens (including phenoxy) is 1. The molecule has 1 heterocycles. The van der Waals surface area contributed by atoms with Crippen molar-refractivity contribution in [2.75, 3.05) is 6.54 Å². The Balaban J connectivity index is 2.30. The number of aromatic nitrogens is 1. The number of carboxylic acid groups (broad SMARTS) is 1. The van der Waals surface area contributed by atoms with Crippen LogP contribution in [0.4, 0.5) is 4.79 Å². The Kier molecular flexibility index (Phi) is 7.84. The van der Waals surface area contributed by atoms with Gasteiger partial charge >= 0.3 is 12.1 Å². The summed E-state index contributed by atoms with van der Waals surface area (Å²) < 4.78 is 5.05. The summed E-state index contributed by atoms with van der Waals surface area (Å²) in [5.74, 6) is -1.40. The van der Waals surface area contributed by atoms with Gasteiger partial charge in [-0.3, -0.25) is 9.78 Å². The number of rotatable bonds is 8. The molecule has 0 aliphatic rings. The summed E-state index contributed by atoms with van der Waals surface area (Å²) in [5, 5.41) is 14.2. The lowest BCUT2D eigenvalue weighted by Gasteiger charge is -2.22. The topological polar surface area (TPSA) is 118 Å². The number of hydrogen-bond acceptors (Lipinski definition) is 5. The molecule has 0 saturated heterocycles. The molecule has 1 aromatic heterocycles. The van der Waals surface area contributed by atoms with Gasteiger partial charge in [0.2, 0.25) is 0 Å². The van der Waals surface area contributed by atoms with Crippen LogP contribution in [0.1, 0.15) is 50.5 Å². The van der Waals surface area contributed by atoms with Gasteiger partial charge in [-0.25, -0.2) is 9.59 Å². The third-order valence-corrected chi connectivity index (χ3v) is 3.09. The summed E-state index contributed by atoms with van der Waals surface area (Å²) in [4.78, 5) is 38.6. The van der Waals surface area contributed by atoms with Gasteiger partial charge in [-0.2, -0.15) is 0 Å². The van der Waals surface area contributed by atoms with Crippen molar-refractivity contribution >= 4 is 18.0 Å². The van der Waals surface area contributed by atoms with E-state index in [2.05, 4.69) is 15.6 Å². The number of amides is 2. The van der Waals surface area contributed by atoms with Crippen LogP contribution in [0.5, 0.6) is 0 Å². The minimum Gasteiger partial charge on any atom is -0.480 e. The maximum atomic E-state index is 11.8. The maximum absolute atomic E-state index is 11.8. The van der Waals surface area contributed by atoms with E-state index in [1.165, 1.54) is 6.20 Å². The van der Waals surface area contributed by atoms with Crippen molar-refractivity contribution in [1.82, 2.24) is 15.6 Å². The third-order valence-electron chi connectivity index (χ3n) is 3.09. The molecular formula is C17H25N3O5. The van der Waals surface area contributed by atoms with Crippen molar-refractivity contribution in [3.8, 4) is 0 Å². The van der Waals surface area contributed by atoms with Crippen LogP contribution < -0.4 is 10.6 Å². The highest BCUT2D eigenvalue weighted by atomic mass is 16.6. The van der Waals surface area contributed by atoms with E-state index in [-0.39, 0.29) is 12.3 Å². The highest BCUT2D eigenvalue weighted by Gasteiger charge is 2.23. The summed E-state index contributed by atoms with van der Waals surface area (Å²) in [5.41, 5.74) is -0.361. The standard InChI is InChI=1S/C17H25N3O5/c1-17(2,3)25-16(24)20-13(15(22)23)9-5-7-11-19-14(21)12-8-4-6-10-18-12/h4,6,8,10,13H,5,7,9,11H2,1-3H3,(H,19,21)(H,20,24)(H,22,23)/t13-/m0/s1. The Morgan fingerprint density at radius 2 is 1.96 bits per heavy atom. The number of carboxylic acids is 1. The minimum absolute atomic E-state index is 0.244. The van der Waals surface area contributed by atoms with Gasteiger partial charge < -0.3 is 20.5 Å². The van der Waals surface area contributed by atoms with E-state index in [0.717, 1.165) is 0 Å². The fourth-order valence-corrected chi connectivity index (χ4v) is 1.97. The fraction of sp³-hybridized carbons (Fsp3) is 0.529. The molecule has 8 heteroatoms. The Morgan fingerprint density at radius 3 is 2.52 bits per heavy atom. The molecule has 0 fully saturated rings. The normalized spacial score (nSPS) is 12.1. The molecule has 0 aliphatic carbocycles. The number of hydrogen-bond donors (Lipinski definition) is 3. The molecule has 0 unspecified atom stereocenters. The summed E-state index contributed by atoms with van der Waals surface area (Å²) in [6.07, 6.45) is 2.12. The van der Waals surface area contributed by atoms with Crippen LogP contribution in [0.25, 0.3) is 0 Å². The van der Waals surface area contributed by atoms with E-state index in [0.29, 0.717) is 25.1 Å². The van der Waals surface area contributed by atoms with Crippen LogP contribution >= 0.6 is 0 Å². The molecule has 8 nitrogen and oxygen atoms in total. The average molecular weight is 351 g/mol. The number of unbranched alkanes of at least 4 members (excludes halogenated alkanes) is 1. The Hall–Kier alpha value is -2.64. The smallest absolute Gasteiger partial charge is 0.408 e. The number of pyridine rings is 1. The molecule has 2 amide bonds. The van der Waals surface area contributed by atoms with E-state index >= 15 is 0 Å². The van der Waals surface area contributed by atoms with Crippen LogP contribution in [-0.2, 0) is 9.53 Å². The van der Waals surface area contributed by atoms with Gasteiger partial charge in [-0.1, -0.05) is 6.07 Å². The maximum Gasteiger partial charge on any atom is 0.408 e. The van der Waals surface area contributed by atoms with E-state index in [4.69, 9.17) is 9.84 Å². The van der Waals surface area contributed by atoms with Crippen LogP contribution in [0.2, 0.25) is 0 Å². The lowest BCUT2D eigenvalue weighted by atomic mass is 10.1. The first kappa shape index (κ1) is 20.4. The van der Waals surface area contributed by atoms with Crippen LogP contribution in [0, 0.1) is 0 Å².